The molecule has 0 radical (unpaired) electrons. The summed E-state index contributed by atoms with van der Waals surface area (Å²) in [7, 11) is 1.95. The molecule has 1 aromatic heterocycles. The predicted molar refractivity (Wildman–Crippen MR) is 49.3 cm³/mol. The van der Waals surface area contributed by atoms with Crippen LogP contribution in [0.3, 0.4) is 0 Å². The summed E-state index contributed by atoms with van der Waals surface area (Å²) in [6.45, 7) is 4.06. The van der Waals surface area contributed by atoms with Crippen molar-refractivity contribution in [2.24, 2.45) is 0 Å². The van der Waals surface area contributed by atoms with E-state index in [0.29, 0.717) is 0 Å². The molecule has 0 amide bonds. The lowest BCUT2D eigenvalue weighted by molar-refractivity contribution is 0.231. The molecule has 2 N–H and O–H groups in total. The lowest BCUT2D eigenvalue weighted by atomic mass is 9.99. The van der Waals surface area contributed by atoms with E-state index in [1.165, 1.54) is 0 Å². The Hall–Kier alpha value is -1.07. The van der Waals surface area contributed by atoms with Crippen molar-refractivity contribution in [1.29, 1.82) is 0 Å². The summed E-state index contributed by atoms with van der Waals surface area (Å²) in [5, 5.41) is 8.95. The van der Waals surface area contributed by atoms with Gasteiger partial charge in [0, 0.05) is 12.6 Å². The minimum atomic E-state index is 0.147. The molecule has 0 spiro atoms. The third kappa shape index (κ3) is 1.52. The molecule has 0 saturated carbocycles. The summed E-state index contributed by atoms with van der Waals surface area (Å²) >= 11 is 0. The van der Waals surface area contributed by atoms with Crippen LogP contribution in [0.5, 0.6) is 0 Å². The molecule has 2 heterocycles. The molecule has 72 valence electrons. The van der Waals surface area contributed by atoms with Gasteiger partial charge in [0.05, 0.1) is 12.1 Å². The fraction of sp³-hybridized carbons (Fsp3) is 0.625. The van der Waals surface area contributed by atoms with E-state index in [-0.39, 0.29) is 5.54 Å². The minimum Gasteiger partial charge on any atom is -0.363 e. The first kappa shape index (κ1) is 8.52. The average molecular weight is 182 g/mol. The number of anilines is 1. The molecule has 1 fully saturated rings. The van der Waals surface area contributed by atoms with E-state index in [1.807, 2.05) is 18.1 Å². The van der Waals surface area contributed by atoms with Gasteiger partial charge in [0.1, 0.15) is 6.26 Å². The van der Waals surface area contributed by atoms with Crippen LogP contribution in [0.1, 0.15) is 6.92 Å². The summed E-state index contributed by atoms with van der Waals surface area (Å²) in [5.74, 6) is 0.841. The van der Waals surface area contributed by atoms with E-state index in [0.717, 1.165) is 18.9 Å². The van der Waals surface area contributed by atoms with Crippen molar-refractivity contribution in [3.63, 3.8) is 0 Å². The first-order valence-corrected chi connectivity index (χ1v) is 4.34. The second kappa shape index (κ2) is 3.01. The van der Waals surface area contributed by atoms with Crippen LogP contribution in [0.2, 0.25) is 0 Å². The van der Waals surface area contributed by atoms with Gasteiger partial charge in [-0.3, -0.25) is 5.01 Å². The number of aromatic nitrogens is 1. The molecule has 5 heteroatoms. The van der Waals surface area contributed by atoms with Crippen molar-refractivity contribution < 1.29 is 4.52 Å². The quantitative estimate of drug-likeness (QED) is 0.688. The number of hydrogen-bond acceptors (Lipinski definition) is 5. The number of likely N-dealkylation sites (N-methyl/N-ethyl adjacent to an activating group) is 1. The fourth-order valence-corrected chi connectivity index (χ4v) is 1.63. The molecule has 2 rings (SSSR count). The molecule has 0 aliphatic carbocycles. The second-order valence-electron chi connectivity index (χ2n) is 3.65. The molecule has 0 bridgehead atoms. The van der Waals surface area contributed by atoms with Crippen molar-refractivity contribution in [3.05, 3.63) is 12.3 Å². The summed E-state index contributed by atoms with van der Waals surface area (Å²) in [5.41, 5.74) is 3.45. The Balaban J connectivity index is 1.91. The molecule has 13 heavy (non-hydrogen) atoms. The van der Waals surface area contributed by atoms with Gasteiger partial charge in [0.25, 0.3) is 0 Å². The van der Waals surface area contributed by atoms with Gasteiger partial charge in [-0.25, -0.2) is 5.43 Å². The van der Waals surface area contributed by atoms with Crippen LogP contribution in [0.4, 0.5) is 5.82 Å². The fourth-order valence-electron chi connectivity index (χ4n) is 1.63. The maximum atomic E-state index is 4.75. The van der Waals surface area contributed by atoms with Crippen molar-refractivity contribution in [3.8, 4) is 0 Å². The number of nitrogens with one attached hydrogen (secondary N) is 2. The van der Waals surface area contributed by atoms with Crippen LogP contribution in [0.15, 0.2) is 16.9 Å². The van der Waals surface area contributed by atoms with Crippen molar-refractivity contribution in [2.45, 2.75) is 12.5 Å². The molecule has 1 aliphatic heterocycles. The van der Waals surface area contributed by atoms with E-state index in [9.17, 15) is 0 Å². The SMILES string of the molecule is CNCC1(C)CN(c2ccon2)N1. The third-order valence-corrected chi connectivity index (χ3v) is 2.18. The summed E-state index contributed by atoms with van der Waals surface area (Å²) in [6, 6.07) is 1.84. The van der Waals surface area contributed by atoms with Crippen molar-refractivity contribution >= 4 is 5.82 Å². The van der Waals surface area contributed by atoms with E-state index in [1.54, 1.807) is 6.26 Å². The van der Waals surface area contributed by atoms with Crippen LogP contribution >= 0.6 is 0 Å². The lowest BCUT2D eigenvalue weighted by Crippen LogP contribution is -2.73. The summed E-state index contributed by atoms with van der Waals surface area (Å²) < 4.78 is 4.75. The molecular weight excluding hydrogens is 168 g/mol. The Morgan fingerprint density at radius 2 is 2.62 bits per heavy atom. The van der Waals surface area contributed by atoms with Gasteiger partial charge < -0.3 is 9.84 Å². The van der Waals surface area contributed by atoms with E-state index >= 15 is 0 Å². The van der Waals surface area contributed by atoms with Crippen LogP contribution in [0, 0.1) is 0 Å². The largest absolute Gasteiger partial charge is 0.363 e. The normalized spacial score (nSPS) is 27.4. The van der Waals surface area contributed by atoms with E-state index in [4.69, 9.17) is 4.52 Å². The number of rotatable bonds is 3. The minimum absolute atomic E-state index is 0.147. The number of hydrogen-bond donors (Lipinski definition) is 2. The van der Waals surface area contributed by atoms with Gasteiger partial charge in [-0.05, 0) is 14.0 Å². The van der Waals surface area contributed by atoms with E-state index in [2.05, 4.69) is 22.8 Å². The first-order valence-electron chi connectivity index (χ1n) is 4.34. The van der Waals surface area contributed by atoms with Crippen LogP contribution in [0.25, 0.3) is 0 Å². The van der Waals surface area contributed by atoms with Crippen molar-refractivity contribution in [1.82, 2.24) is 15.9 Å². The smallest absolute Gasteiger partial charge is 0.186 e. The molecule has 1 atom stereocenters. The maximum Gasteiger partial charge on any atom is 0.186 e. The molecule has 5 nitrogen and oxygen atoms in total. The standard InChI is InChI=1S/C8H14N4O/c1-8(5-9-2)6-12(11-8)7-3-4-13-10-7/h3-4,9,11H,5-6H2,1-2H3. The summed E-state index contributed by atoms with van der Waals surface area (Å²) in [4.78, 5) is 0. The molecular formula is C8H14N4O. The third-order valence-electron chi connectivity index (χ3n) is 2.18. The van der Waals surface area contributed by atoms with Gasteiger partial charge >= 0.3 is 0 Å². The Morgan fingerprint density at radius 1 is 1.85 bits per heavy atom. The van der Waals surface area contributed by atoms with Crippen LogP contribution in [-0.2, 0) is 0 Å². The zero-order chi connectivity index (χ0) is 9.31. The number of hydrazine groups is 1. The molecule has 0 aromatic carbocycles. The summed E-state index contributed by atoms with van der Waals surface area (Å²) in [6.07, 6.45) is 1.57. The molecule has 1 unspecified atom stereocenters. The first-order chi connectivity index (χ1) is 6.23. The molecule has 1 saturated heterocycles. The Labute approximate surface area is 77.0 Å². The van der Waals surface area contributed by atoms with Crippen molar-refractivity contribution in [2.75, 3.05) is 25.1 Å². The highest BCUT2D eigenvalue weighted by atomic mass is 16.5. The Kier molecular flexibility index (Phi) is 1.97. The van der Waals surface area contributed by atoms with Gasteiger partial charge in [-0.1, -0.05) is 5.16 Å². The topological polar surface area (TPSA) is 53.3 Å². The molecule has 1 aliphatic rings. The van der Waals surface area contributed by atoms with Gasteiger partial charge in [-0.15, -0.1) is 0 Å². The maximum absolute atomic E-state index is 4.75. The van der Waals surface area contributed by atoms with Gasteiger partial charge in [-0.2, -0.15) is 0 Å². The predicted octanol–water partition coefficient (Wildman–Crippen LogP) is -0.0227. The lowest BCUT2D eigenvalue weighted by Gasteiger charge is -2.48. The van der Waals surface area contributed by atoms with E-state index < -0.39 is 0 Å². The zero-order valence-corrected chi connectivity index (χ0v) is 7.87. The number of nitrogens with zero attached hydrogens (tertiary/aromatic N) is 2. The second-order valence-corrected chi connectivity index (χ2v) is 3.65. The van der Waals surface area contributed by atoms with Gasteiger partial charge in [0.15, 0.2) is 5.82 Å². The highest BCUT2D eigenvalue weighted by molar-refractivity contribution is 5.39. The average Bonchev–Trinajstić information content (AvgIpc) is 2.52. The Bertz CT molecular complexity index is 266. The highest BCUT2D eigenvalue weighted by Gasteiger charge is 2.38. The van der Waals surface area contributed by atoms with Crippen LogP contribution in [-0.4, -0.2) is 30.8 Å². The monoisotopic (exact) mass is 182 g/mol. The van der Waals surface area contributed by atoms with Crippen LogP contribution < -0.4 is 15.8 Å². The highest BCUT2D eigenvalue weighted by Crippen LogP contribution is 2.21. The molecule has 1 aromatic rings. The zero-order valence-electron chi connectivity index (χ0n) is 7.87. The Morgan fingerprint density at radius 3 is 3.15 bits per heavy atom. The van der Waals surface area contributed by atoms with Gasteiger partial charge in [0.2, 0.25) is 0 Å².